The molecule has 192 valence electrons. The predicted octanol–water partition coefficient (Wildman–Crippen LogP) is 6.04. The largest absolute Gasteiger partial charge is 0.490 e. The minimum atomic E-state index is 0.145. The van der Waals surface area contributed by atoms with Gasteiger partial charge in [-0.15, -0.1) is 0 Å². The molecule has 2 N–H and O–H groups in total. The summed E-state index contributed by atoms with van der Waals surface area (Å²) in [5.41, 5.74) is 2.46. The van der Waals surface area contributed by atoms with Crippen LogP contribution in [-0.2, 0) is 4.74 Å². The number of methoxy groups -OCH3 is 1. The number of nitrogens with zero attached hydrogens (tertiary/aromatic N) is 4. The summed E-state index contributed by atoms with van der Waals surface area (Å²) in [4.78, 5) is 15.6. The van der Waals surface area contributed by atoms with Crippen molar-refractivity contribution >= 4 is 45.6 Å². The number of hydrogen-bond acceptors (Lipinski definition) is 8. The van der Waals surface area contributed by atoms with Gasteiger partial charge in [-0.3, -0.25) is 4.98 Å². The van der Waals surface area contributed by atoms with Crippen LogP contribution in [0.2, 0.25) is 5.02 Å². The molecular formula is C28H31ClN6O2. The lowest BCUT2D eigenvalue weighted by Crippen LogP contribution is -2.46. The molecule has 0 spiro atoms. The van der Waals surface area contributed by atoms with Gasteiger partial charge in [-0.05, 0) is 69.4 Å². The zero-order valence-corrected chi connectivity index (χ0v) is 21.9. The van der Waals surface area contributed by atoms with Gasteiger partial charge in [0.05, 0.1) is 28.5 Å². The van der Waals surface area contributed by atoms with Crippen LogP contribution in [0.4, 0.5) is 23.1 Å². The first-order chi connectivity index (χ1) is 18.0. The average Bonchev–Trinajstić information content (AvgIpc) is 2.90. The molecule has 9 heteroatoms. The highest BCUT2D eigenvalue weighted by Crippen LogP contribution is 2.29. The van der Waals surface area contributed by atoms with Gasteiger partial charge in [0.25, 0.3) is 0 Å². The van der Waals surface area contributed by atoms with Crippen LogP contribution < -0.4 is 15.4 Å². The lowest BCUT2D eigenvalue weighted by atomic mass is 9.89. The molecule has 0 amide bonds. The van der Waals surface area contributed by atoms with Crippen LogP contribution in [0.3, 0.4) is 0 Å². The minimum absolute atomic E-state index is 0.145. The fourth-order valence-corrected chi connectivity index (χ4v) is 5.03. The van der Waals surface area contributed by atoms with Gasteiger partial charge < -0.3 is 25.0 Å². The normalized spacial score (nSPS) is 19.6. The van der Waals surface area contributed by atoms with Crippen LogP contribution in [0.25, 0.3) is 10.9 Å². The summed E-state index contributed by atoms with van der Waals surface area (Å²) < 4.78 is 12.0. The van der Waals surface area contributed by atoms with Crippen molar-refractivity contribution in [3.63, 3.8) is 0 Å². The zero-order valence-electron chi connectivity index (χ0n) is 21.2. The van der Waals surface area contributed by atoms with Gasteiger partial charge in [0.15, 0.2) is 0 Å². The van der Waals surface area contributed by atoms with Gasteiger partial charge in [0.1, 0.15) is 17.7 Å². The first-order valence-corrected chi connectivity index (χ1v) is 12.7. The number of benzene rings is 2. The predicted molar refractivity (Wildman–Crippen MR) is 148 cm³/mol. The van der Waals surface area contributed by atoms with Gasteiger partial charge in [-0.25, -0.2) is 4.98 Å². The quantitative estimate of drug-likeness (QED) is 0.292. The molecule has 1 fully saturated rings. The summed E-state index contributed by atoms with van der Waals surface area (Å²) in [6.07, 6.45) is 6.71. The van der Waals surface area contributed by atoms with Crippen LogP contribution in [0, 0.1) is 0 Å². The Labute approximate surface area is 222 Å². The van der Waals surface area contributed by atoms with Gasteiger partial charge in [-0.2, -0.15) is 4.98 Å². The number of hydrogen-bond donors (Lipinski definition) is 2. The summed E-state index contributed by atoms with van der Waals surface area (Å²) in [7, 11) is 6.00. The number of aromatic nitrogens is 3. The van der Waals surface area contributed by atoms with E-state index in [0.29, 0.717) is 22.8 Å². The molecule has 5 rings (SSSR count). The van der Waals surface area contributed by atoms with Crippen LogP contribution >= 0.6 is 11.6 Å². The maximum Gasteiger partial charge on any atom is 0.229 e. The number of para-hydroxylation sites is 1. The topological polar surface area (TPSA) is 84.4 Å². The Morgan fingerprint density at radius 1 is 0.973 bits per heavy atom. The molecule has 2 heterocycles. The minimum Gasteiger partial charge on any atom is -0.490 e. The highest BCUT2D eigenvalue weighted by molar-refractivity contribution is 6.35. The van der Waals surface area contributed by atoms with Crippen molar-refractivity contribution in [3.8, 4) is 5.75 Å². The number of fused-ring (bicyclic) bond motifs is 1. The van der Waals surface area contributed by atoms with Crippen molar-refractivity contribution in [1.29, 1.82) is 0 Å². The molecule has 8 nitrogen and oxygen atoms in total. The van der Waals surface area contributed by atoms with Gasteiger partial charge in [-0.1, -0.05) is 23.7 Å². The number of pyridine rings is 1. The van der Waals surface area contributed by atoms with E-state index in [1.54, 1.807) is 19.5 Å². The number of rotatable bonds is 8. The van der Waals surface area contributed by atoms with Crippen molar-refractivity contribution in [2.45, 2.75) is 37.5 Å². The number of halogens is 1. The van der Waals surface area contributed by atoms with Crippen LogP contribution in [0.1, 0.15) is 19.3 Å². The first-order valence-electron chi connectivity index (χ1n) is 12.4. The molecular weight excluding hydrogens is 488 g/mol. The second-order valence-electron chi connectivity index (χ2n) is 9.43. The van der Waals surface area contributed by atoms with E-state index in [1.807, 2.05) is 54.6 Å². The molecule has 0 aliphatic heterocycles. The lowest BCUT2D eigenvalue weighted by Gasteiger charge is -2.38. The molecule has 1 saturated carbocycles. The van der Waals surface area contributed by atoms with E-state index in [9.17, 15) is 0 Å². The Balaban J connectivity index is 1.20. The molecule has 2 aromatic heterocycles. The number of nitrogens with one attached hydrogen (secondary N) is 2. The average molecular weight is 519 g/mol. The van der Waals surface area contributed by atoms with Crippen molar-refractivity contribution in [1.82, 2.24) is 19.9 Å². The van der Waals surface area contributed by atoms with Crippen molar-refractivity contribution < 1.29 is 9.47 Å². The smallest absolute Gasteiger partial charge is 0.229 e. The van der Waals surface area contributed by atoms with E-state index < -0.39 is 0 Å². The standard InChI is InChI=1S/C28H31ClN6O2/c1-35(2)24-12-11-22(16-25(24)36-3)37-21-9-7-19(8-10-21)33-28-30-14-13-26(34-28)32-20-15-18-5-4-6-23(29)27(18)31-17-20/h4-10,13-15,17,22,24-25H,11-12,16H2,1-3H3,(H2,30,32,33,34)/t22-,24-,25-/m0/s1. The maximum absolute atomic E-state index is 6.26. The fourth-order valence-electron chi connectivity index (χ4n) is 4.79. The summed E-state index contributed by atoms with van der Waals surface area (Å²) in [6.45, 7) is 0. The van der Waals surface area contributed by atoms with E-state index in [0.717, 1.165) is 47.3 Å². The van der Waals surface area contributed by atoms with Gasteiger partial charge in [0.2, 0.25) is 5.95 Å². The Bertz CT molecular complexity index is 1350. The molecule has 0 unspecified atom stereocenters. The fraction of sp³-hybridized carbons (Fsp3) is 0.321. The number of ether oxygens (including phenoxy) is 2. The van der Waals surface area contributed by atoms with Crippen molar-refractivity contribution in [2.24, 2.45) is 0 Å². The third kappa shape index (κ3) is 6.10. The summed E-state index contributed by atoms with van der Waals surface area (Å²) >= 11 is 6.23. The molecule has 1 aliphatic carbocycles. The summed E-state index contributed by atoms with van der Waals surface area (Å²) in [5, 5.41) is 8.12. The highest BCUT2D eigenvalue weighted by Gasteiger charge is 2.32. The first kappa shape index (κ1) is 25.2. The van der Waals surface area contributed by atoms with E-state index in [1.165, 1.54) is 0 Å². The SMILES string of the molecule is CO[C@H]1C[C@@H](Oc2ccc(Nc3nccc(Nc4cnc5c(Cl)cccc5c4)n3)cc2)CC[C@@H]1N(C)C. The molecule has 37 heavy (non-hydrogen) atoms. The molecule has 3 atom stereocenters. The summed E-state index contributed by atoms with van der Waals surface area (Å²) in [5.74, 6) is 1.98. The second-order valence-corrected chi connectivity index (χ2v) is 9.84. The molecule has 0 radical (unpaired) electrons. The highest BCUT2D eigenvalue weighted by atomic mass is 35.5. The molecule has 2 aromatic carbocycles. The molecule has 1 aliphatic rings. The van der Waals surface area contributed by atoms with Crippen LogP contribution in [-0.4, -0.2) is 59.3 Å². The Hall–Kier alpha value is -3.46. The van der Waals surface area contributed by atoms with Crippen LogP contribution in [0.5, 0.6) is 5.75 Å². The maximum atomic E-state index is 6.26. The molecule has 4 aromatic rings. The Morgan fingerprint density at radius 3 is 2.59 bits per heavy atom. The van der Waals surface area contributed by atoms with E-state index >= 15 is 0 Å². The second kappa shape index (κ2) is 11.3. The van der Waals surface area contributed by atoms with Gasteiger partial charge in [0, 0.05) is 36.8 Å². The molecule has 0 bridgehead atoms. The van der Waals surface area contributed by atoms with E-state index in [2.05, 4.69) is 44.6 Å². The van der Waals surface area contributed by atoms with E-state index in [-0.39, 0.29) is 12.2 Å². The lowest BCUT2D eigenvalue weighted by molar-refractivity contribution is -0.0299. The number of anilines is 4. The molecule has 0 saturated heterocycles. The van der Waals surface area contributed by atoms with Crippen molar-refractivity contribution in [2.75, 3.05) is 31.8 Å². The monoisotopic (exact) mass is 518 g/mol. The van der Waals surface area contributed by atoms with E-state index in [4.69, 9.17) is 21.1 Å². The summed E-state index contributed by atoms with van der Waals surface area (Å²) in [6, 6.07) is 17.8. The van der Waals surface area contributed by atoms with Crippen molar-refractivity contribution in [3.05, 3.63) is 72.0 Å². The third-order valence-corrected chi connectivity index (χ3v) is 6.98. The van der Waals surface area contributed by atoms with Crippen LogP contribution in [0.15, 0.2) is 67.0 Å². The zero-order chi connectivity index (χ0) is 25.8. The third-order valence-electron chi connectivity index (χ3n) is 6.68. The number of likely N-dealkylation sites (N-methyl/N-ethyl adjacent to an activating group) is 1. The van der Waals surface area contributed by atoms with Gasteiger partial charge >= 0.3 is 0 Å². The Morgan fingerprint density at radius 2 is 1.81 bits per heavy atom. The Kier molecular flexibility index (Phi) is 7.69.